The largest absolute Gasteiger partial charge is 0.353 e. The van der Waals surface area contributed by atoms with Crippen LogP contribution in [0.25, 0.3) is 0 Å². The van der Waals surface area contributed by atoms with Crippen molar-refractivity contribution in [2.75, 3.05) is 0 Å². The summed E-state index contributed by atoms with van der Waals surface area (Å²) in [6.07, 6.45) is 2.62. The second kappa shape index (κ2) is 6.31. The molecule has 1 amide bonds. The third-order valence-electron chi connectivity index (χ3n) is 2.61. The molecule has 16 heavy (non-hydrogen) atoms. The minimum absolute atomic E-state index is 0.116. The minimum Gasteiger partial charge on any atom is -0.353 e. The van der Waals surface area contributed by atoms with Gasteiger partial charge in [-0.2, -0.15) is 0 Å². The Morgan fingerprint density at radius 1 is 1.31 bits per heavy atom. The summed E-state index contributed by atoms with van der Waals surface area (Å²) >= 11 is 0. The second-order valence-corrected chi connectivity index (χ2v) is 4.42. The highest BCUT2D eigenvalue weighted by atomic mass is 16.1. The molecule has 0 radical (unpaired) electrons. The average Bonchev–Trinajstić information content (AvgIpc) is 2.21. The standard InChI is InChI=1S/C14H21NO/c1-4-5-12(3)15-14(16)10-13-8-6-11(2)7-9-13/h6-9,12H,4-5,10H2,1-3H3,(H,15,16). The highest BCUT2D eigenvalue weighted by Crippen LogP contribution is 2.04. The Bertz CT molecular complexity index is 329. The van der Waals surface area contributed by atoms with Crippen LogP contribution in [0.5, 0.6) is 0 Å². The molecule has 0 saturated heterocycles. The number of carbonyl (C=O) groups is 1. The molecule has 2 heteroatoms. The topological polar surface area (TPSA) is 29.1 Å². The van der Waals surface area contributed by atoms with Crippen LogP contribution < -0.4 is 5.32 Å². The molecule has 0 heterocycles. The van der Waals surface area contributed by atoms with Crippen LogP contribution in [0.3, 0.4) is 0 Å². The van der Waals surface area contributed by atoms with Crippen molar-refractivity contribution in [2.45, 2.75) is 46.1 Å². The molecule has 1 atom stereocenters. The van der Waals surface area contributed by atoms with Crippen LogP contribution in [0.2, 0.25) is 0 Å². The van der Waals surface area contributed by atoms with Gasteiger partial charge in [-0.3, -0.25) is 4.79 Å². The van der Waals surface area contributed by atoms with Crippen LogP contribution in [-0.2, 0) is 11.2 Å². The van der Waals surface area contributed by atoms with E-state index in [4.69, 9.17) is 0 Å². The molecule has 0 aliphatic rings. The fourth-order valence-corrected chi connectivity index (χ4v) is 1.72. The first-order valence-corrected chi connectivity index (χ1v) is 5.96. The van der Waals surface area contributed by atoms with Gasteiger partial charge >= 0.3 is 0 Å². The van der Waals surface area contributed by atoms with Gasteiger partial charge in [0.2, 0.25) is 5.91 Å². The summed E-state index contributed by atoms with van der Waals surface area (Å²) < 4.78 is 0. The lowest BCUT2D eigenvalue weighted by atomic mass is 10.1. The van der Waals surface area contributed by atoms with E-state index in [2.05, 4.69) is 19.2 Å². The van der Waals surface area contributed by atoms with Crippen LogP contribution in [0, 0.1) is 6.92 Å². The molecule has 0 saturated carbocycles. The van der Waals surface area contributed by atoms with Crippen molar-refractivity contribution in [3.05, 3.63) is 35.4 Å². The van der Waals surface area contributed by atoms with Crippen LogP contribution in [0.4, 0.5) is 0 Å². The van der Waals surface area contributed by atoms with E-state index in [-0.39, 0.29) is 11.9 Å². The Morgan fingerprint density at radius 3 is 2.50 bits per heavy atom. The van der Waals surface area contributed by atoms with Gasteiger partial charge in [-0.1, -0.05) is 43.2 Å². The first-order valence-electron chi connectivity index (χ1n) is 5.96. The molecule has 1 aromatic carbocycles. The van der Waals surface area contributed by atoms with Gasteiger partial charge in [0.25, 0.3) is 0 Å². The highest BCUT2D eigenvalue weighted by molar-refractivity contribution is 5.78. The predicted octanol–water partition coefficient (Wildman–Crippen LogP) is 2.84. The molecule has 0 bridgehead atoms. The Hall–Kier alpha value is -1.31. The fourth-order valence-electron chi connectivity index (χ4n) is 1.72. The van der Waals surface area contributed by atoms with E-state index in [1.165, 1.54) is 5.56 Å². The summed E-state index contributed by atoms with van der Waals surface area (Å²) in [5.74, 6) is 0.116. The van der Waals surface area contributed by atoms with Crippen molar-refractivity contribution in [1.82, 2.24) is 5.32 Å². The van der Waals surface area contributed by atoms with Gasteiger partial charge in [0.15, 0.2) is 0 Å². The number of carbonyl (C=O) groups excluding carboxylic acids is 1. The van der Waals surface area contributed by atoms with E-state index in [0.717, 1.165) is 18.4 Å². The van der Waals surface area contributed by atoms with Crippen molar-refractivity contribution in [1.29, 1.82) is 0 Å². The van der Waals surface area contributed by atoms with Gasteiger partial charge in [-0.25, -0.2) is 0 Å². The van der Waals surface area contributed by atoms with Gasteiger partial charge in [-0.05, 0) is 25.8 Å². The number of rotatable bonds is 5. The molecule has 0 spiro atoms. The van der Waals surface area contributed by atoms with E-state index in [1.54, 1.807) is 0 Å². The molecule has 0 fully saturated rings. The molecule has 88 valence electrons. The van der Waals surface area contributed by atoms with Crippen molar-refractivity contribution in [3.63, 3.8) is 0 Å². The summed E-state index contributed by atoms with van der Waals surface area (Å²) in [4.78, 5) is 11.7. The number of benzene rings is 1. The van der Waals surface area contributed by atoms with Crippen molar-refractivity contribution in [2.24, 2.45) is 0 Å². The molecule has 1 rings (SSSR count). The van der Waals surface area contributed by atoms with Crippen LogP contribution in [0.15, 0.2) is 24.3 Å². The molecule has 0 aromatic heterocycles. The Morgan fingerprint density at radius 2 is 1.94 bits per heavy atom. The zero-order valence-corrected chi connectivity index (χ0v) is 10.4. The normalized spacial score (nSPS) is 12.2. The smallest absolute Gasteiger partial charge is 0.224 e. The average molecular weight is 219 g/mol. The quantitative estimate of drug-likeness (QED) is 0.810. The maximum Gasteiger partial charge on any atom is 0.224 e. The van der Waals surface area contributed by atoms with Gasteiger partial charge in [-0.15, -0.1) is 0 Å². The minimum atomic E-state index is 0.116. The summed E-state index contributed by atoms with van der Waals surface area (Å²) in [5.41, 5.74) is 2.30. The Labute approximate surface area is 98.1 Å². The molecule has 0 aliphatic carbocycles. The first kappa shape index (κ1) is 12.8. The van der Waals surface area contributed by atoms with E-state index in [9.17, 15) is 4.79 Å². The molecular weight excluding hydrogens is 198 g/mol. The molecule has 1 unspecified atom stereocenters. The number of aryl methyl sites for hydroxylation is 1. The third-order valence-corrected chi connectivity index (χ3v) is 2.61. The molecule has 0 aliphatic heterocycles. The lowest BCUT2D eigenvalue weighted by Gasteiger charge is -2.12. The van der Waals surface area contributed by atoms with Crippen molar-refractivity contribution >= 4 is 5.91 Å². The summed E-state index contributed by atoms with van der Waals surface area (Å²) in [7, 11) is 0. The third kappa shape index (κ3) is 4.47. The second-order valence-electron chi connectivity index (χ2n) is 4.42. The SMILES string of the molecule is CCCC(C)NC(=O)Cc1ccc(C)cc1. The number of amides is 1. The Kier molecular flexibility index (Phi) is 5.03. The monoisotopic (exact) mass is 219 g/mol. The summed E-state index contributed by atoms with van der Waals surface area (Å²) in [6, 6.07) is 8.39. The van der Waals surface area contributed by atoms with Gasteiger partial charge < -0.3 is 5.32 Å². The van der Waals surface area contributed by atoms with E-state index in [0.29, 0.717) is 6.42 Å². The number of hydrogen-bond acceptors (Lipinski definition) is 1. The van der Waals surface area contributed by atoms with Crippen LogP contribution in [-0.4, -0.2) is 11.9 Å². The summed E-state index contributed by atoms with van der Waals surface area (Å²) in [5, 5.41) is 3.00. The van der Waals surface area contributed by atoms with Crippen molar-refractivity contribution < 1.29 is 4.79 Å². The predicted molar refractivity (Wildman–Crippen MR) is 67.4 cm³/mol. The molecule has 2 nitrogen and oxygen atoms in total. The molecular formula is C14H21NO. The zero-order chi connectivity index (χ0) is 12.0. The van der Waals surface area contributed by atoms with Crippen LogP contribution >= 0.6 is 0 Å². The van der Waals surface area contributed by atoms with Crippen molar-refractivity contribution in [3.8, 4) is 0 Å². The van der Waals surface area contributed by atoms with Gasteiger partial charge in [0, 0.05) is 6.04 Å². The lowest BCUT2D eigenvalue weighted by Crippen LogP contribution is -2.33. The maximum atomic E-state index is 11.7. The van der Waals surface area contributed by atoms with E-state index in [1.807, 2.05) is 31.2 Å². The van der Waals surface area contributed by atoms with Gasteiger partial charge in [0.05, 0.1) is 6.42 Å². The summed E-state index contributed by atoms with van der Waals surface area (Å²) in [6.45, 7) is 6.23. The van der Waals surface area contributed by atoms with Gasteiger partial charge in [0.1, 0.15) is 0 Å². The van der Waals surface area contributed by atoms with E-state index < -0.39 is 0 Å². The zero-order valence-electron chi connectivity index (χ0n) is 10.4. The Balaban J connectivity index is 2.42. The molecule has 1 aromatic rings. The maximum absolute atomic E-state index is 11.7. The van der Waals surface area contributed by atoms with Crippen LogP contribution in [0.1, 0.15) is 37.8 Å². The lowest BCUT2D eigenvalue weighted by molar-refractivity contribution is -0.121. The molecule has 1 N–H and O–H groups in total. The number of hydrogen-bond donors (Lipinski definition) is 1. The highest BCUT2D eigenvalue weighted by Gasteiger charge is 2.06. The van der Waals surface area contributed by atoms with E-state index >= 15 is 0 Å². The first-order chi connectivity index (χ1) is 7.61. The number of nitrogens with one attached hydrogen (secondary N) is 1. The fraction of sp³-hybridized carbons (Fsp3) is 0.500.